The van der Waals surface area contributed by atoms with Crippen molar-refractivity contribution in [2.45, 2.75) is 115 Å². The van der Waals surface area contributed by atoms with Gasteiger partial charge in [0.05, 0.1) is 36.7 Å². The normalized spacial score (nSPS) is 22.8. The highest BCUT2D eigenvalue weighted by Gasteiger charge is 2.66. The molecule has 3 aliphatic rings. The monoisotopic (exact) mass is 889 g/mol. The number of alkyl carbamates (subject to hydrolysis) is 1. The number of aromatic nitrogens is 3. The molecule has 4 heterocycles. The van der Waals surface area contributed by atoms with E-state index >= 15 is 0 Å². The number of amides is 3. The van der Waals surface area contributed by atoms with Crippen LogP contribution in [0.2, 0.25) is 0 Å². The number of hydrogen-bond donors (Lipinski definition) is 5. The smallest absolute Gasteiger partial charge is 0.408 e. The largest absolute Gasteiger partial charge is 0.506 e. The number of hydrogen-bond acceptors (Lipinski definition) is 13. The zero-order chi connectivity index (χ0) is 44.6. The number of likely N-dealkylation sites (tertiary alicyclic amines) is 1. The van der Waals surface area contributed by atoms with E-state index in [-0.39, 0.29) is 43.0 Å². The Hall–Kier alpha value is -5.25. The molecule has 7 rings (SSSR count). The fraction of sp³-hybridized carbons (Fsp3) is 0.500. The van der Waals surface area contributed by atoms with E-state index in [9.17, 15) is 28.9 Å². The van der Waals surface area contributed by atoms with Crippen molar-refractivity contribution in [3.05, 3.63) is 66.3 Å². The minimum atomic E-state index is -4.33. The first kappa shape index (κ1) is 44.8. The average molecular weight is 890 g/mol. The highest BCUT2D eigenvalue weighted by atomic mass is 32.1. The van der Waals surface area contributed by atoms with Gasteiger partial charge in [-0.05, 0) is 75.6 Å². The van der Waals surface area contributed by atoms with Crippen LogP contribution >= 0.6 is 18.7 Å². The van der Waals surface area contributed by atoms with Crippen LogP contribution in [-0.4, -0.2) is 97.0 Å². The van der Waals surface area contributed by atoms with Crippen molar-refractivity contribution in [2.24, 2.45) is 11.3 Å². The summed E-state index contributed by atoms with van der Waals surface area (Å²) >= 11 is 1.45. The molecule has 6 atom stereocenters. The summed E-state index contributed by atoms with van der Waals surface area (Å²) in [6, 6.07) is 7.94. The summed E-state index contributed by atoms with van der Waals surface area (Å²) in [5, 5.41) is 21.1. The first-order valence-corrected chi connectivity index (χ1v) is 23.7. The van der Waals surface area contributed by atoms with Gasteiger partial charge in [-0.25, -0.2) is 14.8 Å². The second-order valence-electron chi connectivity index (χ2n) is 17.8. The van der Waals surface area contributed by atoms with E-state index in [1.54, 1.807) is 25.3 Å². The Kier molecular flexibility index (Phi) is 12.9. The highest BCUT2D eigenvalue weighted by Crippen LogP contribution is 2.71. The van der Waals surface area contributed by atoms with Crippen LogP contribution in [0, 0.1) is 11.3 Å². The van der Waals surface area contributed by atoms with Gasteiger partial charge in [-0.1, -0.05) is 26.8 Å². The Morgan fingerprint density at radius 2 is 1.87 bits per heavy atom. The standard InChI is InChI=1S/C44H56N7O9PS/c1-8-26-21-44(26,61(56,57)23-33-36(52)14-11-17-45-33)50-39(53)35-19-29(22-51(35)40(54)38(43(4,5)6)49-42(55)60-27-12-9-10-13-27)59-37-20-32(34-24-62-41(48-34)46-25(2)3)47-31-18-28(58-7)15-16-30(31)37/h8,11,14-18,20,24-27,29,35,38,52H,1,9-10,12-13,19,21-23H2,2-7H3,(H,46,48)(H,49,55)(H,50,53)(H,56,57)/t26-,29-,35+,38?,44+/m1/s1. The number of rotatable bonds is 15. The van der Waals surface area contributed by atoms with E-state index < -0.39 is 66.2 Å². The van der Waals surface area contributed by atoms with Crippen LogP contribution in [0.1, 0.15) is 78.8 Å². The van der Waals surface area contributed by atoms with E-state index in [1.165, 1.54) is 40.6 Å². The lowest BCUT2D eigenvalue weighted by atomic mass is 9.85. The molecule has 1 aromatic carbocycles. The molecule has 4 aromatic rings. The van der Waals surface area contributed by atoms with Gasteiger partial charge in [0.25, 0.3) is 0 Å². The van der Waals surface area contributed by atoms with Gasteiger partial charge in [-0.3, -0.25) is 19.1 Å². The molecule has 332 valence electrons. The molecule has 16 nitrogen and oxygen atoms in total. The SMILES string of the molecule is C=C[C@@H]1C[C@]1(NC(=O)[C@@H]1C[C@@H](Oc2cc(-c3csc(NC(C)C)n3)nc3cc(OC)ccc23)CN1C(=O)C(NC(=O)OC1CCCC1)C(C)(C)C)P(=O)(O)Cc1ncccc1O. The zero-order valence-corrected chi connectivity index (χ0v) is 37.6. The maximum Gasteiger partial charge on any atom is 0.408 e. The van der Waals surface area contributed by atoms with Crippen molar-refractivity contribution in [2.75, 3.05) is 19.0 Å². The third-order valence-corrected chi connectivity index (χ3v) is 15.1. The van der Waals surface area contributed by atoms with Gasteiger partial charge < -0.3 is 45.1 Å². The number of carbonyl (C=O) groups excluding carboxylic acids is 3. The third kappa shape index (κ3) is 9.54. The number of carbonyl (C=O) groups is 3. The maximum absolute atomic E-state index is 14.9. The molecular weight excluding hydrogens is 834 g/mol. The maximum atomic E-state index is 14.9. The molecule has 3 aromatic heterocycles. The molecule has 1 aliphatic heterocycles. The van der Waals surface area contributed by atoms with Gasteiger partial charge in [0.2, 0.25) is 19.2 Å². The Morgan fingerprint density at radius 1 is 1.11 bits per heavy atom. The van der Waals surface area contributed by atoms with Crippen molar-refractivity contribution in [3.63, 3.8) is 0 Å². The summed E-state index contributed by atoms with van der Waals surface area (Å²) in [6.07, 6.45) is 4.21. The number of pyridine rings is 2. The number of anilines is 1. The molecule has 0 spiro atoms. The molecule has 0 bridgehead atoms. The van der Waals surface area contributed by atoms with Gasteiger partial charge in [0, 0.05) is 47.5 Å². The number of methoxy groups -OCH3 is 1. The molecule has 3 fully saturated rings. The van der Waals surface area contributed by atoms with Crippen molar-refractivity contribution in [1.82, 2.24) is 30.5 Å². The van der Waals surface area contributed by atoms with Crippen LogP contribution in [0.3, 0.4) is 0 Å². The van der Waals surface area contributed by atoms with E-state index in [0.29, 0.717) is 33.8 Å². The minimum absolute atomic E-state index is 0.00101. The van der Waals surface area contributed by atoms with Gasteiger partial charge in [-0.15, -0.1) is 17.9 Å². The number of aromatic hydroxyl groups is 1. The fourth-order valence-electron chi connectivity index (χ4n) is 8.29. The van der Waals surface area contributed by atoms with Crippen LogP contribution in [0.15, 0.2) is 60.6 Å². The molecule has 18 heteroatoms. The lowest BCUT2D eigenvalue weighted by Crippen LogP contribution is -2.58. The van der Waals surface area contributed by atoms with E-state index in [0.717, 1.165) is 30.8 Å². The number of benzene rings is 1. The lowest BCUT2D eigenvalue weighted by Gasteiger charge is -2.36. The van der Waals surface area contributed by atoms with Gasteiger partial charge in [0.15, 0.2) is 5.13 Å². The first-order chi connectivity index (χ1) is 29.4. The predicted octanol–water partition coefficient (Wildman–Crippen LogP) is 7.21. The summed E-state index contributed by atoms with van der Waals surface area (Å²) < 4.78 is 32.3. The molecule has 5 N–H and O–H groups in total. The lowest BCUT2D eigenvalue weighted by molar-refractivity contribution is -0.142. The van der Waals surface area contributed by atoms with Gasteiger partial charge in [0.1, 0.15) is 52.5 Å². The first-order valence-electron chi connectivity index (χ1n) is 21.0. The van der Waals surface area contributed by atoms with Crippen molar-refractivity contribution < 1.29 is 43.2 Å². The van der Waals surface area contributed by atoms with Crippen molar-refractivity contribution in [1.29, 1.82) is 0 Å². The summed E-state index contributed by atoms with van der Waals surface area (Å²) in [5.74, 6) is -1.01. The van der Waals surface area contributed by atoms with Crippen molar-refractivity contribution in [3.8, 4) is 28.6 Å². The Labute approximate surface area is 365 Å². The zero-order valence-electron chi connectivity index (χ0n) is 35.9. The molecule has 2 aliphatic carbocycles. The van der Waals surface area contributed by atoms with Crippen LogP contribution in [0.5, 0.6) is 17.2 Å². The number of fused-ring (bicyclic) bond motifs is 1. The van der Waals surface area contributed by atoms with Crippen LogP contribution < -0.4 is 25.4 Å². The molecule has 2 unspecified atom stereocenters. The van der Waals surface area contributed by atoms with Crippen LogP contribution in [-0.2, 0) is 25.1 Å². The van der Waals surface area contributed by atoms with Crippen LogP contribution in [0.25, 0.3) is 22.3 Å². The molecule has 0 radical (unpaired) electrons. The summed E-state index contributed by atoms with van der Waals surface area (Å²) in [4.78, 5) is 69.7. The van der Waals surface area contributed by atoms with Gasteiger partial charge >= 0.3 is 6.09 Å². The molecule has 3 amide bonds. The van der Waals surface area contributed by atoms with Crippen LogP contribution in [0.4, 0.5) is 9.93 Å². The summed E-state index contributed by atoms with van der Waals surface area (Å²) in [5.41, 5.74) is 0.925. The van der Waals surface area contributed by atoms with E-state index in [1.807, 2.05) is 46.1 Å². The summed E-state index contributed by atoms with van der Waals surface area (Å²) in [6.45, 7) is 13.3. The molecule has 1 saturated heterocycles. The Bertz CT molecular complexity index is 2380. The molecular formula is C44H56N7O9PS. The molecule has 62 heavy (non-hydrogen) atoms. The number of ether oxygens (including phenoxy) is 3. The molecule has 2 saturated carbocycles. The minimum Gasteiger partial charge on any atom is -0.506 e. The number of nitrogens with one attached hydrogen (secondary N) is 3. The average Bonchev–Trinajstić information content (AvgIpc) is 3.61. The Balaban J connectivity index is 1.22. The second-order valence-corrected chi connectivity index (χ2v) is 21.1. The quantitative estimate of drug-likeness (QED) is 0.0590. The topological polar surface area (TPSA) is 214 Å². The van der Waals surface area contributed by atoms with Gasteiger partial charge in [-0.2, -0.15) is 0 Å². The van der Waals surface area contributed by atoms with E-state index in [4.69, 9.17) is 24.2 Å². The van der Waals surface area contributed by atoms with E-state index in [2.05, 4.69) is 27.5 Å². The number of thiazole rings is 1. The Morgan fingerprint density at radius 3 is 2.53 bits per heavy atom. The fourth-order valence-corrected chi connectivity index (χ4v) is 11.5. The second kappa shape index (κ2) is 17.9. The number of nitrogens with zero attached hydrogens (tertiary/aromatic N) is 4. The predicted molar refractivity (Wildman–Crippen MR) is 236 cm³/mol. The van der Waals surface area contributed by atoms with Crippen molar-refractivity contribution >= 4 is 52.6 Å². The summed E-state index contributed by atoms with van der Waals surface area (Å²) in [7, 11) is -2.76. The third-order valence-electron chi connectivity index (χ3n) is 11.7. The highest BCUT2D eigenvalue weighted by molar-refractivity contribution is 7.59.